The first-order valence-corrected chi connectivity index (χ1v) is 8.91. The number of para-hydroxylation sites is 2. The van der Waals surface area contributed by atoms with Gasteiger partial charge in [0.15, 0.2) is 0 Å². The Morgan fingerprint density at radius 1 is 1.22 bits per heavy atom. The van der Waals surface area contributed by atoms with Crippen molar-refractivity contribution >= 4 is 11.7 Å². The number of urea groups is 1. The fraction of sp³-hybridized carbons (Fsp3) is 0.350. The van der Waals surface area contributed by atoms with E-state index in [4.69, 9.17) is 9.47 Å². The number of hydrogen-bond donors (Lipinski definition) is 2. The number of aliphatic hydroxyl groups is 1. The quantitative estimate of drug-likeness (QED) is 0.866. The van der Waals surface area contributed by atoms with Crippen LogP contribution in [0, 0.1) is 5.82 Å². The molecular weight excluding hydrogens is 351 g/mol. The predicted octanol–water partition coefficient (Wildman–Crippen LogP) is 2.73. The van der Waals surface area contributed by atoms with Crippen LogP contribution in [0.5, 0.6) is 5.75 Å². The van der Waals surface area contributed by atoms with Crippen LogP contribution in [0.3, 0.4) is 0 Å². The van der Waals surface area contributed by atoms with Gasteiger partial charge in [-0.3, -0.25) is 0 Å². The number of anilines is 1. The third-order valence-electron chi connectivity index (χ3n) is 4.88. The van der Waals surface area contributed by atoms with Crippen LogP contribution in [0.15, 0.2) is 48.5 Å². The van der Waals surface area contributed by atoms with E-state index in [1.54, 1.807) is 12.1 Å². The SMILES string of the molecule is O=C(Nc1ccccc1O[C@H]1CCOC1)N1CC(O)(c2ccc(F)cc2)C1. The third-order valence-corrected chi connectivity index (χ3v) is 4.88. The van der Waals surface area contributed by atoms with Crippen molar-refractivity contribution in [3.63, 3.8) is 0 Å². The maximum absolute atomic E-state index is 13.1. The van der Waals surface area contributed by atoms with Gasteiger partial charge < -0.3 is 24.8 Å². The highest BCUT2D eigenvalue weighted by Gasteiger charge is 2.45. The van der Waals surface area contributed by atoms with E-state index in [9.17, 15) is 14.3 Å². The van der Waals surface area contributed by atoms with Gasteiger partial charge in [0.2, 0.25) is 0 Å². The van der Waals surface area contributed by atoms with Crippen molar-refractivity contribution in [3.8, 4) is 5.75 Å². The number of hydrogen-bond acceptors (Lipinski definition) is 4. The summed E-state index contributed by atoms with van der Waals surface area (Å²) in [5.74, 6) is 0.233. The van der Waals surface area contributed by atoms with Crippen LogP contribution in [0.1, 0.15) is 12.0 Å². The summed E-state index contributed by atoms with van der Waals surface area (Å²) in [6, 6.07) is 12.6. The van der Waals surface area contributed by atoms with Crippen molar-refractivity contribution in [2.45, 2.75) is 18.1 Å². The van der Waals surface area contributed by atoms with Crippen LogP contribution in [0.4, 0.5) is 14.9 Å². The monoisotopic (exact) mass is 372 g/mol. The second-order valence-corrected chi connectivity index (χ2v) is 6.92. The first-order chi connectivity index (χ1) is 13.0. The summed E-state index contributed by atoms with van der Waals surface area (Å²) in [6.45, 7) is 1.50. The van der Waals surface area contributed by atoms with Gasteiger partial charge in [-0.05, 0) is 29.8 Å². The number of rotatable bonds is 4. The number of halogens is 1. The fourth-order valence-electron chi connectivity index (χ4n) is 3.32. The van der Waals surface area contributed by atoms with Gasteiger partial charge in [-0.2, -0.15) is 0 Å². The molecule has 2 aliphatic heterocycles. The second-order valence-electron chi connectivity index (χ2n) is 6.92. The first kappa shape index (κ1) is 17.8. The van der Waals surface area contributed by atoms with Crippen LogP contribution in [0.2, 0.25) is 0 Å². The van der Waals surface area contributed by atoms with Crippen LogP contribution >= 0.6 is 0 Å². The van der Waals surface area contributed by atoms with Crippen LogP contribution in [-0.2, 0) is 10.3 Å². The number of carbonyl (C=O) groups excluding carboxylic acids is 1. The zero-order valence-corrected chi connectivity index (χ0v) is 14.7. The lowest BCUT2D eigenvalue weighted by atomic mass is 9.86. The number of carbonyl (C=O) groups is 1. The van der Waals surface area contributed by atoms with Crippen LogP contribution in [-0.4, -0.2) is 48.4 Å². The largest absolute Gasteiger partial charge is 0.486 e. The molecule has 27 heavy (non-hydrogen) atoms. The Balaban J connectivity index is 1.38. The molecule has 0 unspecified atom stereocenters. The number of benzene rings is 2. The average Bonchev–Trinajstić information content (AvgIpc) is 3.14. The second kappa shape index (κ2) is 7.17. The molecule has 2 fully saturated rings. The lowest BCUT2D eigenvalue weighted by molar-refractivity contribution is -0.0793. The molecule has 0 spiro atoms. The molecule has 6 nitrogen and oxygen atoms in total. The van der Waals surface area contributed by atoms with E-state index in [-0.39, 0.29) is 31.0 Å². The highest BCUT2D eigenvalue weighted by molar-refractivity contribution is 5.91. The topological polar surface area (TPSA) is 71.0 Å². The molecule has 2 aliphatic rings. The molecule has 2 amide bonds. The summed E-state index contributed by atoms with van der Waals surface area (Å²) in [5, 5.41) is 13.5. The van der Waals surface area contributed by atoms with Gasteiger partial charge in [0.25, 0.3) is 0 Å². The molecule has 2 aromatic carbocycles. The standard InChI is InChI=1S/C20H21FN2O4/c21-15-7-5-14(6-8-15)20(25)12-23(13-20)19(24)22-17-3-1-2-4-18(17)27-16-9-10-26-11-16/h1-8,16,25H,9-13H2,(H,22,24)/t16-/m0/s1. The Labute approximate surface area is 156 Å². The molecule has 0 saturated carbocycles. The Morgan fingerprint density at radius 2 is 1.96 bits per heavy atom. The highest BCUT2D eigenvalue weighted by atomic mass is 19.1. The maximum Gasteiger partial charge on any atom is 0.322 e. The van der Waals surface area contributed by atoms with E-state index >= 15 is 0 Å². The zero-order chi connectivity index (χ0) is 18.9. The third kappa shape index (κ3) is 3.74. The van der Waals surface area contributed by atoms with Crippen molar-refractivity contribution in [2.75, 3.05) is 31.6 Å². The van der Waals surface area contributed by atoms with Gasteiger partial charge in [-0.15, -0.1) is 0 Å². The molecule has 0 bridgehead atoms. The molecule has 2 heterocycles. The lowest BCUT2D eigenvalue weighted by Crippen LogP contribution is -2.62. The van der Waals surface area contributed by atoms with Gasteiger partial charge in [0.05, 0.1) is 32.0 Å². The first-order valence-electron chi connectivity index (χ1n) is 8.91. The fourth-order valence-corrected chi connectivity index (χ4v) is 3.32. The molecule has 0 aromatic heterocycles. The van der Waals surface area contributed by atoms with E-state index in [2.05, 4.69) is 5.32 Å². The van der Waals surface area contributed by atoms with Crippen molar-refractivity contribution in [1.82, 2.24) is 4.90 Å². The van der Waals surface area contributed by atoms with E-state index in [1.165, 1.54) is 29.2 Å². The number of amides is 2. The molecule has 1 atom stereocenters. The Morgan fingerprint density at radius 3 is 2.67 bits per heavy atom. The molecule has 142 valence electrons. The van der Waals surface area contributed by atoms with Gasteiger partial charge in [0, 0.05) is 6.42 Å². The summed E-state index contributed by atoms with van der Waals surface area (Å²) in [6.07, 6.45) is 0.801. The van der Waals surface area contributed by atoms with Gasteiger partial charge >= 0.3 is 6.03 Å². The summed E-state index contributed by atoms with van der Waals surface area (Å²) in [5.41, 5.74) is 0.0203. The summed E-state index contributed by atoms with van der Waals surface area (Å²) in [7, 11) is 0. The summed E-state index contributed by atoms with van der Waals surface area (Å²) < 4.78 is 24.3. The van der Waals surface area contributed by atoms with Gasteiger partial charge in [0.1, 0.15) is 23.3 Å². The Bertz CT molecular complexity index is 815. The number of ether oxygens (including phenoxy) is 2. The van der Waals surface area contributed by atoms with Gasteiger partial charge in [-0.1, -0.05) is 24.3 Å². The van der Waals surface area contributed by atoms with Gasteiger partial charge in [-0.25, -0.2) is 9.18 Å². The lowest BCUT2D eigenvalue weighted by Gasteiger charge is -2.46. The molecule has 2 saturated heterocycles. The number of β-amino-alcohol motifs (C(OH)–C–C–N with tert-alkyl or cyclic N) is 1. The smallest absolute Gasteiger partial charge is 0.322 e. The van der Waals surface area contributed by atoms with Crippen molar-refractivity contribution < 1.29 is 23.8 Å². The summed E-state index contributed by atoms with van der Waals surface area (Å²) >= 11 is 0. The average molecular weight is 372 g/mol. The molecule has 2 N–H and O–H groups in total. The molecule has 7 heteroatoms. The minimum Gasteiger partial charge on any atom is -0.486 e. The zero-order valence-electron chi connectivity index (χ0n) is 14.7. The minimum atomic E-state index is -1.15. The van der Waals surface area contributed by atoms with E-state index in [0.717, 1.165) is 6.42 Å². The van der Waals surface area contributed by atoms with E-state index in [0.29, 0.717) is 30.2 Å². The van der Waals surface area contributed by atoms with Crippen LogP contribution < -0.4 is 10.1 Å². The summed E-state index contributed by atoms with van der Waals surface area (Å²) in [4.78, 5) is 14.0. The predicted molar refractivity (Wildman–Crippen MR) is 97.2 cm³/mol. The molecule has 0 aliphatic carbocycles. The van der Waals surface area contributed by atoms with E-state index in [1.807, 2.05) is 12.1 Å². The van der Waals surface area contributed by atoms with Crippen molar-refractivity contribution in [3.05, 3.63) is 59.9 Å². The normalized spacial score (nSPS) is 20.8. The molecule has 0 radical (unpaired) electrons. The van der Waals surface area contributed by atoms with E-state index < -0.39 is 5.60 Å². The number of likely N-dealkylation sites (tertiary alicyclic amines) is 1. The Hall–Kier alpha value is -2.64. The number of nitrogens with one attached hydrogen (secondary N) is 1. The number of nitrogens with zero attached hydrogens (tertiary/aromatic N) is 1. The minimum absolute atomic E-state index is 0.0179. The maximum atomic E-state index is 13.1. The van der Waals surface area contributed by atoms with Crippen LogP contribution in [0.25, 0.3) is 0 Å². The molecule has 2 aromatic rings. The highest BCUT2D eigenvalue weighted by Crippen LogP contribution is 2.33. The Kier molecular flexibility index (Phi) is 4.72. The molecule has 4 rings (SSSR count). The molecular formula is C20H21FN2O4. The van der Waals surface area contributed by atoms with Crippen molar-refractivity contribution in [2.24, 2.45) is 0 Å². The van der Waals surface area contributed by atoms with Crippen molar-refractivity contribution in [1.29, 1.82) is 0 Å².